The summed E-state index contributed by atoms with van der Waals surface area (Å²) in [6.07, 6.45) is 1.34. The summed E-state index contributed by atoms with van der Waals surface area (Å²) in [5, 5.41) is 15.8. The molecule has 4 aromatic carbocycles. The number of nitrogens with one attached hydrogen (secondary N) is 1. The van der Waals surface area contributed by atoms with E-state index >= 15 is 0 Å². The van der Waals surface area contributed by atoms with E-state index in [1.807, 2.05) is 0 Å². The normalized spacial score (nSPS) is 10.8. The first-order valence-electron chi connectivity index (χ1n) is 11.1. The molecule has 0 amide bonds. The highest BCUT2D eigenvalue weighted by atomic mass is 35.5. The van der Waals surface area contributed by atoms with Crippen LogP contribution in [0.3, 0.4) is 0 Å². The Balaban J connectivity index is 1.60. The van der Waals surface area contributed by atoms with Crippen molar-refractivity contribution in [3.05, 3.63) is 126 Å². The third-order valence-corrected chi connectivity index (χ3v) is 6.27. The number of hydrazone groups is 1. The van der Waals surface area contributed by atoms with Gasteiger partial charge in [-0.1, -0.05) is 46.4 Å². The Bertz CT molecular complexity index is 1640. The van der Waals surface area contributed by atoms with Gasteiger partial charge in [0.15, 0.2) is 0 Å². The molecule has 40 heavy (non-hydrogen) atoms. The predicted octanol–water partition coefficient (Wildman–Crippen LogP) is 8.09. The van der Waals surface area contributed by atoms with Crippen LogP contribution in [0.2, 0.25) is 20.1 Å². The molecule has 0 aliphatic heterocycles. The molecule has 0 aliphatic carbocycles. The molecule has 202 valence electrons. The summed E-state index contributed by atoms with van der Waals surface area (Å²) in [4.78, 5) is 35.9. The Kier molecular flexibility index (Phi) is 9.23. The lowest BCUT2D eigenvalue weighted by atomic mass is 10.2. The molecule has 0 heterocycles. The Hall–Kier alpha value is -4.15. The zero-order valence-electron chi connectivity index (χ0n) is 19.9. The number of hydrogen-bond donors (Lipinski definition) is 1. The Morgan fingerprint density at radius 3 is 1.90 bits per heavy atom. The van der Waals surface area contributed by atoms with Gasteiger partial charge in [-0.2, -0.15) is 5.10 Å². The van der Waals surface area contributed by atoms with Crippen LogP contribution in [0, 0.1) is 10.1 Å². The molecule has 0 aromatic heterocycles. The molecular formula is C27H15Cl4N3O6. The SMILES string of the molecule is O=C(Oc1ccc(C=NNc2ccc([N+](=O)[O-])cc2)c(OC(=O)c2ccc(Cl)cc2Cl)c1)c1ccc(Cl)cc1Cl. The summed E-state index contributed by atoms with van der Waals surface area (Å²) in [5.74, 6) is -1.54. The summed E-state index contributed by atoms with van der Waals surface area (Å²) in [5.41, 5.74) is 3.57. The zero-order valence-corrected chi connectivity index (χ0v) is 23.0. The zero-order chi connectivity index (χ0) is 28.8. The number of anilines is 1. The molecule has 1 N–H and O–H groups in total. The van der Waals surface area contributed by atoms with Crippen molar-refractivity contribution in [1.82, 2.24) is 0 Å². The van der Waals surface area contributed by atoms with Crippen LogP contribution in [-0.2, 0) is 0 Å². The summed E-state index contributed by atoms with van der Waals surface area (Å²) < 4.78 is 11.0. The van der Waals surface area contributed by atoms with Crippen LogP contribution in [0.4, 0.5) is 11.4 Å². The third kappa shape index (κ3) is 7.28. The van der Waals surface area contributed by atoms with Crippen molar-refractivity contribution in [2.75, 3.05) is 5.43 Å². The maximum atomic E-state index is 12.9. The molecule has 13 heteroatoms. The number of benzene rings is 4. The number of carbonyl (C=O) groups excluding carboxylic acids is 2. The van der Waals surface area contributed by atoms with Gasteiger partial charge in [0, 0.05) is 33.8 Å². The lowest BCUT2D eigenvalue weighted by Gasteiger charge is -2.12. The monoisotopic (exact) mass is 617 g/mol. The fraction of sp³-hybridized carbons (Fsp3) is 0. The van der Waals surface area contributed by atoms with E-state index in [0.29, 0.717) is 21.3 Å². The van der Waals surface area contributed by atoms with Crippen LogP contribution in [0.15, 0.2) is 84.0 Å². The van der Waals surface area contributed by atoms with Crippen molar-refractivity contribution < 1.29 is 24.0 Å². The molecule has 9 nitrogen and oxygen atoms in total. The maximum Gasteiger partial charge on any atom is 0.345 e. The van der Waals surface area contributed by atoms with Gasteiger partial charge in [0.25, 0.3) is 5.69 Å². The number of carbonyl (C=O) groups is 2. The summed E-state index contributed by atoms with van der Waals surface area (Å²) in [6, 6.07) is 18.5. The number of halogens is 4. The van der Waals surface area contributed by atoms with Crippen molar-refractivity contribution >= 4 is 75.9 Å². The lowest BCUT2D eigenvalue weighted by molar-refractivity contribution is -0.384. The van der Waals surface area contributed by atoms with Crippen molar-refractivity contribution in [1.29, 1.82) is 0 Å². The smallest absolute Gasteiger partial charge is 0.345 e. The van der Waals surface area contributed by atoms with E-state index in [1.165, 1.54) is 85.1 Å². The van der Waals surface area contributed by atoms with Gasteiger partial charge >= 0.3 is 11.9 Å². The predicted molar refractivity (Wildman–Crippen MR) is 154 cm³/mol. The second-order valence-electron chi connectivity index (χ2n) is 7.90. The molecule has 0 bridgehead atoms. The van der Waals surface area contributed by atoms with E-state index in [9.17, 15) is 19.7 Å². The van der Waals surface area contributed by atoms with Crippen molar-refractivity contribution in [3.63, 3.8) is 0 Å². The van der Waals surface area contributed by atoms with Crippen molar-refractivity contribution in [2.24, 2.45) is 5.10 Å². The van der Waals surface area contributed by atoms with Gasteiger partial charge in [-0.25, -0.2) is 9.59 Å². The minimum atomic E-state index is -0.802. The van der Waals surface area contributed by atoms with Crippen molar-refractivity contribution in [3.8, 4) is 11.5 Å². The number of hydrogen-bond acceptors (Lipinski definition) is 8. The molecule has 0 radical (unpaired) electrons. The quantitative estimate of drug-likeness (QED) is 0.0696. The molecule has 0 saturated carbocycles. The van der Waals surface area contributed by atoms with Gasteiger partial charge in [-0.3, -0.25) is 15.5 Å². The lowest BCUT2D eigenvalue weighted by Crippen LogP contribution is -2.12. The van der Waals surface area contributed by atoms with Crippen LogP contribution in [0.1, 0.15) is 26.3 Å². The Morgan fingerprint density at radius 1 is 0.775 bits per heavy atom. The Morgan fingerprint density at radius 2 is 1.35 bits per heavy atom. The van der Waals surface area contributed by atoms with E-state index in [-0.39, 0.29) is 38.4 Å². The first kappa shape index (κ1) is 28.8. The summed E-state index contributed by atoms with van der Waals surface area (Å²) in [7, 11) is 0. The van der Waals surface area contributed by atoms with E-state index in [0.717, 1.165) is 0 Å². The number of nitro benzene ring substituents is 1. The topological polar surface area (TPSA) is 120 Å². The van der Waals surface area contributed by atoms with E-state index < -0.39 is 16.9 Å². The largest absolute Gasteiger partial charge is 0.423 e. The first-order chi connectivity index (χ1) is 19.1. The second-order valence-corrected chi connectivity index (χ2v) is 9.59. The number of non-ortho nitro benzene ring substituents is 1. The van der Waals surface area contributed by atoms with Crippen LogP contribution in [0.5, 0.6) is 11.5 Å². The second kappa shape index (κ2) is 12.8. The number of ether oxygens (including phenoxy) is 2. The van der Waals surface area contributed by atoms with Crippen LogP contribution in [0.25, 0.3) is 0 Å². The molecule has 0 unspecified atom stereocenters. The minimum absolute atomic E-state index is 0.0160. The van der Waals surface area contributed by atoms with E-state index in [2.05, 4.69) is 10.5 Å². The average molecular weight is 619 g/mol. The van der Waals surface area contributed by atoms with Gasteiger partial charge in [0.2, 0.25) is 0 Å². The number of nitrogens with zero attached hydrogens (tertiary/aromatic N) is 2. The van der Waals surface area contributed by atoms with Gasteiger partial charge in [-0.15, -0.1) is 0 Å². The highest BCUT2D eigenvalue weighted by Crippen LogP contribution is 2.29. The fourth-order valence-corrected chi connectivity index (χ4v) is 4.21. The number of nitro groups is 1. The first-order valence-corrected chi connectivity index (χ1v) is 12.6. The Labute approximate surface area is 247 Å². The molecule has 0 spiro atoms. The molecule has 0 saturated heterocycles. The van der Waals surface area contributed by atoms with Crippen LogP contribution >= 0.6 is 46.4 Å². The van der Waals surface area contributed by atoms with E-state index in [4.69, 9.17) is 55.9 Å². The van der Waals surface area contributed by atoms with Gasteiger partial charge in [0.1, 0.15) is 11.5 Å². The van der Waals surface area contributed by atoms with Crippen molar-refractivity contribution in [2.45, 2.75) is 0 Å². The van der Waals surface area contributed by atoms with Gasteiger partial charge in [-0.05, 0) is 60.7 Å². The highest BCUT2D eigenvalue weighted by Gasteiger charge is 2.18. The molecular weight excluding hydrogens is 604 g/mol. The molecule has 0 aliphatic rings. The van der Waals surface area contributed by atoms with Gasteiger partial charge in [0.05, 0.1) is 38.0 Å². The molecule has 4 aromatic rings. The van der Waals surface area contributed by atoms with Crippen LogP contribution < -0.4 is 14.9 Å². The third-order valence-electron chi connectivity index (χ3n) is 5.18. The van der Waals surface area contributed by atoms with E-state index in [1.54, 1.807) is 0 Å². The molecule has 0 atom stereocenters. The molecule has 4 rings (SSSR count). The van der Waals surface area contributed by atoms with Gasteiger partial charge < -0.3 is 9.47 Å². The maximum absolute atomic E-state index is 12.9. The highest BCUT2D eigenvalue weighted by molar-refractivity contribution is 6.37. The fourth-order valence-electron chi connectivity index (χ4n) is 3.23. The summed E-state index contributed by atoms with van der Waals surface area (Å²) in [6.45, 7) is 0. The standard InChI is InChI=1S/C27H15Cl4N3O6/c28-16-2-9-21(23(30)11-16)26(35)39-20-8-1-15(14-32-33-18-4-6-19(7-5-18)34(37)38)25(13-20)40-27(36)22-10-3-17(29)12-24(22)31/h1-14,33H. The average Bonchev–Trinajstić information content (AvgIpc) is 2.90. The molecule has 0 fully saturated rings. The number of esters is 2. The summed E-state index contributed by atoms with van der Waals surface area (Å²) >= 11 is 24.1. The van der Waals surface area contributed by atoms with Crippen LogP contribution in [-0.4, -0.2) is 23.1 Å². The minimum Gasteiger partial charge on any atom is -0.423 e. The number of rotatable bonds is 8.